The third kappa shape index (κ3) is 54.4. The highest BCUT2D eigenvalue weighted by atomic mass is 16.6. The molecule has 0 amide bonds. The molecule has 388 valence electrons. The average Bonchev–Trinajstić information content (AvgIpc) is 3.35. The molecule has 0 radical (unpaired) electrons. The van der Waals surface area contributed by atoms with E-state index in [0.29, 0.717) is 19.3 Å². The van der Waals surface area contributed by atoms with Crippen LogP contribution in [0, 0.1) is 0 Å². The number of unbranched alkanes of at least 4 members (excludes halogenated alkanes) is 15. The fourth-order valence-corrected chi connectivity index (χ4v) is 7.00. The molecule has 1 atom stereocenters. The van der Waals surface area contributed by atoms with Gasteiger partial charge in [0.05, 0.1) is 0 Å². The van der Waals surface area contributed by atoms with Gasteiger partial charge in [-0.05, 0) is 116 Å². The van der Waals surface area contributed by atoms with Crippen LogP contribution in [0.4, 0.5) is 0 Å². The first-order valence-corrected chi connectivity index (χ1v) is 27.7. The third-order valence-corrected chi connectivity index (χ3v) is 11.1. The summed E-state index contributed by atoms with van der Waals surface area (Å²) in [4.78, 5) is 37.8. The van der Waals surface area contributed by atoms with Crippen molar-refractivity contribution in [2.75, 3.05) is 13.2 Å². The van der Waals surface area contributed by atoms with Crippen molar-refractivity contribution in [3.8, 4) is 0 Å². The van der Waals surface area contributed by atoms with Crippen LogP contribution < -0.4 is 0 Å². The highest BCUT2D eigenvalue weighted by Gasteiger charge is 2.19. The molecule has 0 aromatic rings. The molecule has 69 heavy (non-hydrogen) atoms. The zero-order valence-electron chi connectivity index (χ0n) is 44.3. The van der Waals surface area contributed by atoms with Gasteiger partial charge in [0.15, 0.2) is 6.10 Å². The molecule has 0 saturated heterocycles. The van der Waals surface area contributed by atoms with Crippen LogP contribution in [0.5, 0.6) is 0 Å². The Kier molecular flexibility index (Phi) is 52.5. The van der Waals surface area contributed by atoms with Gasteiger partial charge in [-0.1, -0.05) is 225 Å². The summed E-state index contributed by atoms with van der Waals surface area (Å²) in [5.41, 5.74) is 0. The molecule has 0 aromatic carbocycles. The highest BCUT2D eigenvalue weighted by Crippen LogP contribution is 2.12. The van der Waals surface area contributed by atoms with Crippen LogP contribution in [-0.4, -0.2) is 37.2 Å². The van der Waals surface area contributed by atoms with E-state index in [1.807, 2.05) is 0 Å². The van der Waals surface area contributed by atoms with Gasteiger partial charge in [-0.3, -0.25) is 14.4 Å². The Morgan fingerprint density at radius 2 is 0.580 bits per heavy atom. The van der Waals surface area contributed by atoms with Crippen molar-refractivity contribution in [2.45, 2.75) is 232 Å². The van der Waals surface area contributed by atoms with Crippen molar-refractivity contribution in [3.05, 3.63) is 134 Å². The van der Waals surface area contributed by atoms with E-state index in [2.05, 4.69) is 154 Å². The maximum Gasteiger partial charge on any atom is 0.306 e. The minimum atomic E-state index is -0.809. The second-order valence-corrected chi connectivity index (χ2v) is 17.8. The van der Waals surface area contributed by atoms with Crippen molar-refractivity contribution >= 4 is 17.9 Å². The SMILES string of the molecule is CC/C=C\C/C=C\C/C=C\C/C=C\C/C=C\C/C=C\C/C=C\C/C=C\C/C=C\CCCC(=O)OCC(COC(=O)CCCCCCCC)OC(=O)CCCCCCC/C=C\C/C=C\CCCCCC. The van der Waals surface area contributed by atoms with E-state index in [1.54, 1.807) is 0 Å². The van der Waals surface area contributed by atoms with Crippen LogP contribution in [0.2, 0.25) is 0 Å². The average molecular weight is 953 g/mol. The molecule has 1 unspecified atom stereocenters. The second-order valence-electron chi connectivity index (χ2n) is 17.8. The van der Waals surface area contributed by atoms with Gasteiger partial charge in [0.25, 0.3) is 0 Å². The Morgan fingerprint density at radius 1 is 0.304 bits per heavy atom. The summed E-state index contributed by atoms with van der Waals surface area (Å²) in [5.74, 6) is -1.000. The fourth-order valence-electron chi connectivity index (χ4n) is 7.00. The maximum atomic E-state index is 12.8. The van der Waals surface area contributed by atoms with Crippen molar-refractivity contribution in [1.29, 1.82) is 0 Å². The van der Waals surface area contributed by atoms with Crippen LogP contribution in [0.25, 0.3) is 0 Å². The highest BCUT2D eigenvalue weighted by molar-refractivity contribution is 5.71. The summed E-state index contributed by atoms with van der Waals surface area (Å²) in [6.07, 6.45) is 79.0. The maximum absolute atomic E-state index is 12.8. The summed E-state index contributed by atoms with van der Waals surface area (Å²) in [5, 5.41) is 0. The zero-order chi connectivity index (χ0) is 50.0. The number of hydrogen-bond acceptors (Lipinski definition) is 6. The van der Waals surface area contributed by atoms with Crippen molar-refractivity contribution in [3.63, 3.8) is 0 Å². The van der Waals surface area contributed by atoms with Gasteiger partial charge in [0, 0.05) is 19.3 Å². The number of carbonyl (C=O) groups excluding carboxylic acids is 3. The Balaban J connectivity index is 4.31. The Bertz CT molecular complexity index is 1510. The fraction of sp³-hybridized carbons (Fsp3) is 0.603. The summed E-state index contributed by atoms with van der Waals surface area (Å²) >= 11 is 0. The van der Waals surface area contributed by atoms with E-state index < -0.39 is 6.10 Å². The van der Waals surface area contributed by atoms with Crippen molar-refractivity contribution in [2.24, 2.45) is 0 Å². The lowest BCUT2D eigenvalue weighted by molar-refractivity contribution is -0.167. The van der Waals surface area contributed by atoms with E-state index >= 15 is 0 Å². The Hall–Kier alpha value is -4.45. The predicted octanol–water partition coefficient (Wildman–Crippen LogP) is 18.6. The molecule has 0 aliphatic rings. The normalized spacial score (nSPS) is 13.1. The van der Waals surface area contributed by atoms with Crippen LogP contribution >= 0.6 is 0 Å². The van der Waals surface area contributed by atoms with Crippen molar-refractivity contribution < 1.29 is 28.6 Å². The van der Waals surface area contributed by atoms with Gasteiger partial charge < -0.3 is 14.2 Å². The third-order valence-electron chi connectivity index (χ3n) is 11.1. The lowest BCUT2D eigenvalue weighted by Crippen LogP contribution is -2.30. The van der Waals surface area contributed by atoms with Gasteiger partial charge in [-0.15, -0.1) is 0 Å². The monoisotopic (exact) mass is 953 g/mol. The van der Waals surface area contributed by atoms with Gasteiger partial charge in [0.2, 0.25) is 0 Å². The second kappa shape index (κ2) is 56.1. The number of carbonyl (C=O) groups is 3. The quantitative estimate of drug-likeness (QED) is 0.0262. The molecule has 0 bridgehead atoms. The minimum absolute atomic E-state index is 0.106. The molecule has 0 heterocycles. The van der Waals surface area contributed by atoms with E-state index in [-0.39, 0.29) is 37.5 Å². The summed E-state index contributed by atoms with van der Waals surface area (Å²) in [6.45, 7) is 6.37. The van der Waals surface area contributed by atoms with Crippen LogP contribution in [0.1, 0.15) is 226 Å². The van der Waals surface area contributed by atoms with E-state index in [4.69, 9.17) is 14.2 Å². The summed E-state index contributed by atoms with van der Waals surface area (Å²) < 4.78 is 16.6. The lowest BCUT2D eigenvalue weighted by atomic mass is 10.1. The molecule has 0 aromatic heterocycles. The molecule has 0 N–H and O–H groups in total. The lowest BCUT2D eigenvalue weighted by Gasteiger charge is -2.18. The van der Waals surface area contributed by atoms with Crippen LogP contribution in [-0.2, 0) is 28.6 Å². The first-order valence-electron chi connectivity index (χ1n) is 27.7. The predicted molar refractivity (Wildman–Crippen MR) is 297 cm³/mol. The zero-order valence-corrected chi connectivity index (χ0v) is 44.3. The largest absolute Gasteiger partial charge is 0.462 e. The molecule has 6 heteroatoms. The van der Waals surface area contributed by atoms with E-state index in [0.717, 1.165) is 128 Å². The first kappa shape index (κ1) is 64.5. The standard InChI is InChI=1S/C63H100O6/c1-4-7-10-13-16-18-20-22-24-26-27-28-29-30-31-32-33-34-35-36-37-38-40-41-43-45-47-50-53-56-62(65)68-59-60(58-67-61(64)55-52-49-15-12-9-6-3)69-63(66)57-54-51-48-46-44-42-39-25-23-21-19-17-14-11-8-5-2/h7,10,16,18-19,21-22,24-25,27-28,30-31,33-34,36-37,39-41,45,47,60H,4-6,8-9,11-15,17,20,23,26,29,32,35,38,42-44,46,48-59H2,1-3H3/b10-7-,18-16-,21-19-,24-22-,28-27-,31-30-,34-33-,37-36-,39-25-,41-40-,47-45-. The smallest absolute Gasteiger partial charge is 0.306 e. The van der Waals surface area contributed by atoms with Crippen molar-refractivity contribution in [1.82, 2.24) is 0 Å². The number of esters is 3. The van der Waals surface area contributed by atoms with Gasteiger partial charge in [-0.2, -0.15) is 0 Å². The molecule has 0 rings (SSSR count). The number of rotatable bonds is 48. The van der Waals surface area contributed by atoms with Gasteiger partial charge in [0.1, 0.15) is 13.2 Å². The number of ether oxygens (including phenoxy) is 3. The Labute approximate surface area is 424 Å². The molecule has 0 saturated carbocycles. The topological polar surface area (TPSA) is 78.9 Å². The number of hydrogen-bond donors (Lipinski definition) is 0. The van der Waals surface area contributed by atoms with Gasteiger partial charge in [-0.25, -0.2) is 0 Å². The minimum Gasteiger partial charge on any atom is -0.462 e. The molecule has 0 spiro atoms. The summed E-state index contributed by atoms with van der Waals surface area (Å²) in [6, 6.07) is 0. The molecule has 6 nitrogen and oxygen atoms in total. The van der Waals surface area contributed by atoms with E-state index in [9.17, 15) is 14.4 Å². The molecular formula is C63H100O6. The van der Waals surface area contributed by atoms with Gasteiger partial charge >= 0.3 is 17.9 Å². The molecule has 0 aliphatic heterocycles. The molecule has 0 fully saturated rings. The van der Waals surface area contributed by atoms with Crippen LogP contribution in [0.3, 0.4) is 0 Å². The Morgan fingerprint density at radius 3 is 0.957 bits per heavy atom. The van der Waals surface area contributed by atoms with E-state index in [1.165, 1.54) is 51.4 Å². The van der Waals surface area contributed by atoms with Crippen LogP contribution in [0.15, 0.2) is 134 Å². The summed E-state index contributed by atoms with van der Waals surface area (Å²) in [7, 11) is 0. The number of allylic oxidation sites excluding steroid dienone is 22. The molecule has 0 aliphatic carbocycles. The first-order chi connectivity index (χ1) is 34.0. The molecular weight excluding hydrogens is 853 g/mol.